The van der Waals surface area contributed by atoms with Crippen molar-refractivity contribution in [2.45, 2.75) is 238 Å². The minimum Gasteiger partial charge on any atom is -0.480 e. The number of nitrogens with two attached hydrogens (primary N) is 1. The van der Waals surface area contributed by atoms with Crippen molar-refractivity contribution in [1.82, 2.24) is 5.32 Å². The predicted molar refractivity (Wildman–Crippen MR) is 239 cm³/mol. The number of carboxylic acid groups (broad SMARTS) is 1. The first kappa shape index (κ1) is 53.3. The van der Waals surface area contributed by atoms with Crippen LogP contribution in [0.2, 0.25) is 0 Å². The van der Waals surface area contributed by atoms with Crippen LogP contribution in [0.25, 0.3) is 0 Å². The van der Waals surface area contributed by atoms with Crippen molar-refractivity contribution in [1.29, 1.82) is 0 Å². The van der Waals surface area contributed by atoms with Crippen LogP contribution < -0.4 is 11.1 Å². The molecule has 0 bridgehead atoms. The van der Waals surface area contributed by atoms with Gasteiger partial charge >= 0.3 is 11.9 Å². The van der Waals surface area contributed by atoms with E-state index in [1.165, 1.54) is 103 Å². The van der Waals surface area contributed by atoms with E-state index < -0.39 is 12.0 Å². The Kier molecular flexibility index (Phi) is 41.4. The van der Waals surface area contributed by atoms with Crippen molar-refractivity contribution in [3.8, 4) is 0 Å². The molecular weight excluding hydrogens is 697 g/mol. The first-order valence-electron chi connectivity index (χ1n) is 23.5. The monoisotopic (exact) mass is 785 g/mol. The maximum atomic E-state index is 12.8. The van der Waals surface area contributed by atoms with Crippen molar-refractivity contribution in [2.75, 3.05) is 6.54 Å². The molecule has 7 heteroatoms. The summed E-state index contributed by atoms with van der Waals surface area (Å²) in [6.45, 7) is 4.91. The van der Waals surface area contributed by atoms with Gasteiger partial charge in [-0.15, -0.1) is 0 Å². The number of hydrogen-bond donors (Lipinski definition) is 3. The fraction of sp³-hybridized carbons (Fsp3) is 0.776. The lowest BCUT2D eigenvalue weighted by Gasteiger charge is -2.18. The van der Waals surface area contributed by atoms with Crippen molar-refractivity contribution < 1.29 is 24.2 Å². The van der Waals surface area contributed by atoms with Gasteiger partial charge in [-0.2, -0.15) is 0 Å². The number of esters is 1. The molecule has 0 aliphatic carbocycles. The summed E-state index contributed by atoms with van der Waals surface area (Å²) >= 11 is 0. The van der Waals surface area contributed by atoms with E-state index in [2.05, 4.69) is 67.8 Å². The van der Waals surface area contributed by atoms with Crippen LogP contribution >= 0.6 is 0 Å². The summed E-state index contributed by atoms with van der Waals surface area (Å²) in [5.41, 5.74) is 5.49. The lowest BCUT2D eigenvalue weighted by Crippen LogP contribution is -2.40. The Bertz CT molecular complexity index is 1020. The maximum Gasteiger partial charge on any atom is 0.326 e. The van der Waals surface area contributed by atoms with Crippen LogP contribution in [0.1, 0.15) is 226 Å². The Labute approximate surface area is 345 Å². The molecule has 324 valence electrons. The first-order chi connectivity index (χ1) is 27.4. The second kappa shape index (κ2) is 43.5. The number of carbonyl (C=O) groups excluding carboxylic acids is 2. The van der Waals surface area contributed by atoms with Gasteiger partial charge in [0.25, 0.3) is 0 Å². The highest BCUT2D eigenvalue weighted by Gasteiger charge is 2.19. The largest absolute Gasteiger partial charge is 0.480 e. The van der Waals surface area contributed by atoms with Gasteiger partial charge in [0.2, 0.25) is 5.91 Å². The number of ether oxygens (including phenoxy) is 1. The maximum absolute atomic E-state index is 12.8. The zero-order valence-electron chi connectivity index (χ0n) is 36.5. The molecule has 2 unspecified atom stereocenters. The van der Waals surface area contributed by atoms with Gasteiger partial charge in [0.1, 0.15) is 12.1 Å². The lowest BCUT2D eigenvalue weighted by atomic mass is 10.0. The van der Waals surface area contributed by atoms with Crippen LogP contribution in [0.5, 0.6) is 0 Å². The van der Waals surface area contributed by atoms with E-state index in [1.54, 1.807) is 0 Å². The highest BCUT2D eigenvalue weighted by atomic mass is 16.5. The molecule has 0 aromatic carbocycles. The molecule has 4 N–H and O–H groups in total. The quantitative estimate of drug-likeness (QED) is 0.0322. The van der Waals surface area contributed by atoms with Gasteiger partial charge in [0.05, 0.1) is 0 Å². The minimum atomic E-state index is -1.01. The third-order valence-corrected chi connectivity index (χ3v) is 10.4. The summed E-state index contributed by atoms with van der Waals surface area (Å²) in [4.78, 5) is 36.4. The fourth-order valence-corrected chi connectivity index (χ4v) is 6.81. The van der Waals surface area contributed by atoms with Gasteiger partial charge in [-0.1, -0.05) is 152 Å². The van der Waals surface area contributed by atoms with Crippen LogP contribution in [0, 0.1) is 0 Å². The van der Waals surface area contributed by atoms with Crippen molar-refractivity contribution in [2.24, 2.45) is 5.73 Å². The summed E-state index contributed by atoms with van der Waals surface area (Å²) in [6, 6.07) is -0.863. The highest BCUT2D eigenvalue weighted by Crippen LogP contribution is 2.18. The molecule has 0 aromatic heterocycles. The van der Waals surface area contributed by atoms with Crippen molar-refractivity contribution in [3.05, 3.63) is 48.6 Å². The van der Waals surface area contributed by atoms with E-state index in [0.29, 0.717) is 32.2 Å². The van der Waals surface area contributed by atoms with Crippen molar-refractivity contribution in [3.63, 3.8) is 0 Å². The van der Waals surface area contributed by atoms with E-state index in [1.807, 2.05) is 0 Å². The van der Waals surface area contributed by atoms with Gasteiger partial charge in [0, 0.05) is 12.8 Å². The lowest BCUT2D eigenvalue weighted by molar-refractivity contribution is -0.150. The molecule has 0 aromatic rings. The topological polar surface area (TPSA) is 119 Å². The standard InChI is InChI=1S/C49H88N2O5/c1-3-5-7-9-11-13-15-17-18-19-20-22-24-26-28-33-37-43-48(53)56-45(39-34-30-27-25-23-21-16-14-12-10-8-6-4-2)40-35-31-29-32-36-42-47(52)51-46(49(54)55)41-38-44-50/h11,13,16-18,21,25,27,45-46H,3-10,12,14-15,19-20,22-24,26,28-44,50H2,1-2H3,(H,51,52)(H,54,55)/b13-11-,18-17-,21-16-,27-25-. The van der Waals surface area contributed by atoms with Crippen LogP contribution in [-0.4, -0.2) is 41.6 Å². The van der Waals surface area contributed by atoms with E-state index in [-0.39, 0.29) is 18.0 Å². The summed E-state index contributed by atoms with van der Waals surface area (Å²) in [7, 11) is 0. The Hall–Kier alpha value is -2.67. The van der Waals surface area contributed by atoms with Gasteiger partial charge in [-0.3, -0.25) is 9.59 Å². The Morgan fingerprint density at radius 2 is 0.946 bits per heavy atom. The second-order valence-corrected chi connectivity index (χ2v) is 15.8. The zero-order chi connectivity index (χ0) is 41.0. The molecule has 0 radical (unpaired) electrons. The van der Waals surface area contributed by atoms with Crippen LogP contribution in [0.15, 0.2) is 48.6 Å². The minimum absolute atomic E-state index is 0.0355. The average molecular weight is 785 g/mol. The van der Waals surface area contributed by atoms with Crippen LogP contribution in [-0.2, 0) is 19.1 Å². The molecule has 2 atom stereocenters. The van der Waals surface area contributed by atoms with Gasteiger partial charge in [-0.05, 0) is 116 Å². The second-order valence-electron chi connectivity index (χ2n) is 15.8. The number of amides is 1. The number of unbranched alkanes of at least 4 members (excludes halogenated alkanes) is 20. The number of rotatable bonds is 42. The molecular formula is C49H88N2O5. The van der Waals surface area contributed by atoms with Crippen LogP contribution in [0.3, 0.4) is 0 Å². The average Bonchev–Trinajstić information content (AvgIpc) is 3.18. The van der Waals surface area contributed by atoms with E-state index in [0.717, 1.165) is 83.5 Å². The van der Waals surface area contributed by atoms with E-state index in [4.69, 9.17) is 10.5 Å². The molecule has 1 amide bonds. The van der Waals surface area contributed by atoms with Gasteiger partial charge < -0.3 is 20.9 Å². The molecule has 0 rings (SSSR count). The summed E-state index contributed by atoms with van der Waals surface area (Å²) in [5.74, 6) is -1.27. The first-order valence-corrected chi connectivity index (χ1v) is 23.5. The molecule has 0 spiro atoms. The Balaban J connectivity index is 4.38. The molecule has 0 fully saturated rings. The molecule has 0 aliphatic heterocycles. The zero-order valence-corrected chi connectivity index (χ0v) is 36.5. The number of aliphatic carboxylic acids is 1. The van der Waals surface area contributed by atoms with Gasteiger partial charge in [-0.25, -0.2) is 4.79 Å². The van der Waals surface area contributed by atoms with E-state index in [9.17, 15) is 19.5 Å². The fourth-order valence-electron chi connectivity index (χ4n) is 6.81. The molecule has 0 heterocycles. The number of carboxylic acids is 1. The summed E-state index contributed by atoms with van der Waals surface area (Å²) < 4.78 is 6.04. The van der Waals surface area contributed by atoms with Crippen LogP contribution in [0.4, 0.5) is 0 Å². The number of allylic oxidation sites excluding steroid dienone is 8. The number of nitrogens with one attached hydrogen (secondary N) is 1. The smallest absolute Gasteiger partial charge is 0.326 e. The normalized spacial score (nSPS) is 13.1. The molecule has 56 heavy (non-hydrogen) atoms. The highest BCUT2D eigenvalue weighted by molar-refractivity contribution is 5.83. The molecule has 0 saturated carbocycles. The Morgan fingerprint density at radius 1 is 0.518 bits per heavy atom. The number of hydrogen-bond acceptors (Lipinski definition) is 5. The summed E-state index contributed by atoms with van der Waals surface area (Å²) in [6.07, 6.45) is 53.0. The third-order valence-electron chi connectivity index (χ3n) is 10.4. The third kappa shape index (κ3) is 39.6. The predicted octanol–water partition coefficient (Wildman–Crippen LogP) is 13.6. The number of carbonyl (C=O) groups is 3. The SMILES string of the molecule is CCCCC/C=C\C/C=C\CCCCCCCCCC(=O)OC(CCC/C=C\C/C=C\CCCCCCC)CCCCCCCC(=O)NC(CCCN)C(=O)O. The van der Waals surface area contributed by atoms with Crippen molar-refractivity contribution >= 4 is 17.8 Å². The summed E-state index contributed by atoms with van der Waals surface area (Å²) in [5, 5.41) is 11.9. The van der Waals surface area contributed by atoms with E-state index >= 15 is 0 Å². The molecule has 0 aliphatic rings. The molecule has 7 nitrogen and oxygen atoms in total. The van der Waals surface area contributed by atoms with Gasteiger partial charge in [0.15, 0.2) is 0 Å². The Morgan fingerprint density at radius 3 is 1.48 bits per heavy atom. The molecule has 0 saturated heterocycles.